The molecule has 13 heavy (non-hydrogen) atoms. The fraction of sp³-hybridized carbons (Fsp3) is 0.125. The third-order valence-corrected chi connectivity index (χ3v) is 1.52. The van der Waals surface area contributed by atoms with E-state index in [1.807, 2.05) is 6.92 Å². The summed E-state index contributed by atoms with van der Waals surface area (Å²) in [5, 5.41) is 7.52. The van der Waals surface area contributed by atoms with Gasteiger partial charge in [-0.1, -0.05) is 0 Å². The lowest BCUT2D eigenvalue weighted by atomic mass is 10.4. The molecule has 0 radical (unpaired) electrons. The van der Waals surface area contributed by atoms with E-state index in [0.29, 0.717) is 17.4 Å². The number of oxazole rings is 1. The summed E-state index contributed by atoms with van der Waals surface area (Å²) in [5.74, 6) is 0.844. The lowest BCUT2D eigenvalue weighted by molar-refractivity contribution is 0.570. The van der Waals surface area contributed by atoms with Gasteiger partial charge in [0.2, 0.25) is 5.89 Å². The van der Waals surface area contributed by atoms with Crippen molar-refractivity contribution >= 4 is 5.82 Å². The number of nitrogens with zero attached hydrogens (tertiary/aromatic N) is 3. The number of rotatable bonds is 1. The molecule has 0 aliphatic rings. The molecule has 0 bridgehead atoms. The molecular weight excluding hydrogens is 168 g/mol. The van der Waals surface area contributed by atoms with Crippen LogP contribution in [0.2, 0.25) is 0 Å². The Bertz CT molecular complexity index is 406. The highest BCUT2D eigenvalue weighted by Crippen LogP contribution is 2.14. The first-order valence-electron chi connectivity index (χ1n) is 3.77. The van der Waals surface area contributed by atoms with Gasteiger partial charge in [0.15, 0.2) is 0 Å². The van der Waals surface area contributed by atoms with Crippen LogP contribution >= 0.6 is 0 Å². The maximum Gasteiger partial charge on any atom is 0.247 e. The molecule has 2 rings (SSSR count). The summed E-state index contributed by atoms with van der Waals surface area (Å²) in [6.07, 6.45) is 1.56. The van der Waals surface area contributed by atoms with Crippen molar-refractivity contribution in [3.05, 3.63) is 24.1 Å². The van der Waals surface area contributed by atoms with Gasteiger partial charge in [0.25, 0.3) is 0 Å². The Hall–Kier alpha value is -1.91. The first-order chi connectivity index (χ1) is 6.25. The molecule has 0 amide bonds. The molecule has 2 N–H and O–H groups in total. The fourth-order valence-corrected chi connectivity index (χ4v) is 0.928. The molecule has 2 aromatic rings. The lowest BCUT2D eigenvalue weighted by Gasteiger charge is -1.92. The van der Waals surface area contributed by atoms with Gasteiger partial charge in [-0.05, 0) is 19.1 Å². The molecule has 0 aliphatic carbocycles. The smallest absolute Gasteiger partial charge is 0.247 e. The molecule has 0 saturated carbocycles. The SMILES string of the molecule is Cc1coc(-c2ccc(N)nn2)n1. The summed E-state index contributed by atoms with van der Waals surface area (Å²) in [7, 11) is 0. The van der Waals surface area contributed by atoms with E-state index in [1.165, 1.54) is 0 Å². The molecule has 0 saturated heterocycles. The minimum absolute atomic E-state index is 0.382. The zero-order chi connectivity index (χ0) is 9.26. The lowest BCUT2D eigenvalue weighted by Crippen LogP contribution is -1.93. The quantitative estimate of drug-likeness (QED) is 0.701. The minimum atomic E-state index is 0.382. The van der Waals surface area contributed by atoms with Crippen LogP contribution in [0.25, 0.3) is 11.6 Å². The van der Waals surface area contributed by atoms with Crippen LogP contribution in [0, 0.1) is 6.92 Å². The summed E-state index contributed by atoms with van der Waals surface area (Å²) in [5.41, 5.74) is 6.78. The average molecular weight is 176 g/mol. The zero-order valence-corrected chi connectivity index (χ0v) is 7.06. The number of nitrogens with two attached hydrogens (primary N) is 1. The van der Waals surface area contributed by atoms with Gasteiger partial charge < -0.3 is 10.2 Å². The monoisotopic (exact) mass is 176 g/mol. The third-order valence-electron chi connectivity index (χ3n) is 1.52. The molecule has 0 aliphatic heterocycles. The van der Waals surface area contributed by atoms with Crippen LogP contribution < -0.4 is 5.73 Å². The normalized spacial score (nSPS) is 10.2. The number of hydrogen-bond donors (Lipinski definition) is 1. The van der Waals surface area contributed by atoms with Crippen LogP contribution in [-0.4, -0.2) is 15.2 Å². The van der Waals surface area contributed by atoms with Crippen molar-refractivity contribution in [1.82, 2.24) is 15.2 Å². The molecule has 5 nitrogen and oxygen atoms in total. The predicted molar refractivity (Wildman–Crippen MR) is 46.7 cm³/mol. The van der Waals surface area contributed by atoms with Gasteiger partial charge in [0, 0.05) is 0 Å². The molecule has 2 heterocycles. The summed E-state index contributed by atoms with van der Waals surface area (Å²) >= 11 is 0. The highest BCUT2D eigenvalue weighted by molar-refractivity contribution is 5.47. The van der Waals surface area contributed by atoms with Gasteiger partial charge in [-0.2, -0.15) is 0 Å². The van der Waals surface area contributed by atoms with E-state index in [0.717, 1.165) is 5.69 Å². The summed E-state index contributed by atoms with van der Waals surface area (Å²) in [6.45, 7) is 1.84. The van der Waals surface area contributed by atoms with Crippen molar-refractivity contribution in [2.75, 3.05) is 5.73 Å². The zero-order valence-electron chi connectivity index (χ0n) is 7.06. The van der Waals surface area contributed by atoms with E-state index in [2.05, 4.69) is 15.2 Å². The van der Waals surface area contributed by atoms with Crippen LogP contribution in [0.3, 0.4) is 0 Å². The van der Waals surface area contributed by atoms with Crippen LogP contribution in [0.1, 0.15) is 5.69 Å². The highest BCUT2D eigenvalue weighted by Gasteiger charge is 2.05. The topological polar surface area (TPSA) is 77.8 Å². The molecule has 2 aromatic heterocycles. The van der Waals surface area contributed by atoms with Gasteiger partial charge >= 0.3 is 0 Å². The van der Waals surface area contributed by atoms with Crippen molar-refractivity contribution < 1.29 is 4.42 Å². The van der Waals surface area contributed by atoms with E-state index < -0.39 is 0 Å². The number of anilines is 1. The maximum absolute atomic E-state index is 5.39. The van der Waals surface area contributed by atoms with Crippen molar-refractivity contribution in [2.24, 2.45) is 0 Å². The van der Waals surface area contributed by atoms with Crippen LogP contribution in [0.4, 0.5) is 5.82 Å². The van der Waals surface area contributed by atoms with E-state index in [1.54, 1.807) is 18.4 Å². The Morgan fingerprint density at radius 2 is 2.15 bits per heavy atom. The minimum Gasteiger partial charge on any atom is -0.443 e. The molecule has 5 heteroatoms. The molecule has 0 atom stereocenters. The number of nitrogen functional groups attached to an aromatic ring is 1. The number of aromatic nitrogens is 3. The maximum atomic E-state index is 5.39. The Labute approximate surface area is 74.6 Å². The molecule has 0 fully saturated rings. The Kier molecular flexibility index (Phi) is 1.70. The molecule has 0 aromatic carbocycles. The van der Waals surface area contributed by atoms with Gasteiger partial charge in [-0.15, -0.1) is 10.2 Å². The van der Waals surface area contributed by atoms with Crippen molar-refractivity contribution in [2.45, 2.75) is 6.92 Å². The highest BCUT2D eigenvalue weighted by atomic mass is 16.3. The van der Waals surface area contributed by atoms with Gasteiger partial charge in [0.05, 0.1) is 5.69 Å². The van der Waals surface area contributed by atoms with Crippen LogP contribution in [-0.2, 0) is 0 Å². The Morgan fingerprint density at radius 1 is 1.31 bits per heavy atom. The van der Waals surface area contributed by atoms with Gasteiger partial charge in [0.1, 0.15) is 17.8 Å². The number of aryl methyl sites for hydroxylation is 1. The second kappa shape index (κ2) is 2.85. The molecular formula is C8H8N4O. The largest absolute Gasteiger partial charge is 0.443 e. The predicted octanol–water partition coefficient (Wildman–Crippen LogP) is 1.02. The van der Waals surface area contributed by atoms with E-state index >= 15 is 0 Å². The molecule has 66 valence electrons. The van der Waals surface area contributed by atoms with Gasteiger partial charge in [-0.3, -0.25) is 0 Å². The van der Waals surface area contributed by atoms with Crippen LogP contribution in [0.5, 0.6) is 0 Å². The first kappa shape index (κ1) is 7.72. The van der Waals surface area contributed by atoms with Crippen molar-refractivity contribution in [1.29, 1.82) is 0 Å². The molecule has 0 unspecified atom stereocenters. The second-order valence-corrected chi connectivity index (χ2v) is 2.64. The first-order valence-corrected chi connectivity index (χ1v) is 3.77. The van der Waals surface area contributed by atoms with Gasteiger partial charge in [-0.25, -0.2) is 4.98 Å². The number of hydrogen-bond acceptors (Lipinski definition) is 5. The summed E-state index contributed by atoms with van der Waals surface area (Å²) in [4.78, 5) is 4.10. The fourth-order valence-electron chi connectivity index (χ4n) is 0.928. The molecule has 0 spiro atoms. The third kappa shape index (κ3) is 1.48. The Morgan fingerprint density at radius 3 is 2.69 bits per heavy atom. The van der Waals surface area contributed by atoms with Crippen molar-refractivity contribution in [3.8, 4) is 11.6 Å². The average Bonchev–Trinajstić information content (AvgIpc) is 2.53. The van der Waals surface area contributed by atoms with E-state index in [9.17, 15) is 0 Å². The Balaban J connectivity index is 2.41. The van der Waals surface area contributed by atoms with E-state index in [4.69, 9.17) is 10.2 Å². The van der Waals surface area contributed by atoms with Crippen LogP contribution in [0.15, 0.2) is 22.8 Å². The second-order valence-electron chi connectivity index (χ2n) is 2.64. The standard InChI is InChI=1S/C8H8N4O/c1-5-4-13-8(10-5)6-2-3-7(9)12-11-6/h2-4H,1H3,(H2,9,12). The van der Waals surface area contributed by atoms with E-state index in [-0.39, 0.29) is 0 Å². The van der Waals surface area contributed by atoms with Crippen molar-refractivity contribution in [3.63, 3.8) is 0 Å². The summed E-state index contributed by atoms with van der Waals surface area (Å²) in [6, 6.07) is 3.37. The summed E-state index contributed by atoms with van der Waals surface area (Å²) < 4.78 is 5.14.